The summed E-state index contributed by atoms with van der Waals surface area (Å²) in [7, 11) is -3.59. The van der Waals surface area contributed by atoms with Crippen molar-refractivity contribution < 1.29 is 8.42 Å². The molecule has 0 saturated heterocycles. The maximum atomic E-state index is 12.6. The van der Waals surface area contributed by atoms with E-state index in [4.69, 9.17) is 0 Å². The van der Waals surface area contributed by atoms with Gasteiger partial charge in [0.1, 0.15) is 4.90 Å². The standard InChI is InChI=1S/C16H21N5O2S2/c1-4-21-13(3)16(12(2)18-21)25(22,23)17-7-9-20-8-5-15(19-20)14-6-10-24-11-14/h5-6,8,10-11,17H,4,7,9H2,1-3H3. The van der Waals surface area contributed by atoms with Gasteiger partial charge in [0.25, 0.3) is 0 Å². The van der Waals surface area contributed by atoms with Crippen LogP contribution < -0.4 is 4.72 Å². The molecule has 25 heavy (non-hydrogen) atoms. The molecule has 0 fully saturated rings. The van der Waals surface area contributed by atoms with Crippen molar-refractivity contribution in [1.82, 2.24) is 24.3 Å². The normalized spacial score (nSPS) is 12.0. The lowest BCUT2D eigenvalue weighted by Gasteiger charge is -2.07. The lowest BCUT2D eigenvalue weighted by atomic mass is 10.2. The van der Waals surface area contributed by atoms with Gasteiger partial charge in [-0.25, -0.2) is 13.1 Å². The fourth-order valence-corrected chi connectivity index (χ4v) is 4.87. The molecular weight excluding hydrogens is 358 g/mol. The summed E-state index contributed by atoms with van der Waals surface area (Å²) >= 11 is 1.62. The molecule has 0 saturated carbocycles. The first-order valence-electron chi connectivity index (χ1n) is 8.02. The summed E-state index contributed by atoms with van der Waals surface area (Å²) in [5.74, 6) is 0. The van der Waals surface area contributed by atoms with Gasteiger partial charge >= 0.3 is 0 Å². The molecule has 0 unspecified atom stereocenters. The molecule has 0 aliphatic heterocycles. The summed E-state index contributed by atoms with van der Waals surface area (Å²) in [5, 5.41) is 12.8. The highest BCUT2D eigenvalue weighted by Crippen LogP contribution is 2.20. The Kier molecular flexibility index (Phi) is 5.07. The predicted molar refractivity (Wildman–Crippen MR) is 98.1 cm³/mol. The van der Waals surface area contributed by atoms with Crippen molar-refractivity contribution in [3.63, 3.8) is 0 Å². The van der Waals surface area contributed by atoms with Gasteiger partial charge in [0.15, 0.2) is 0 Å². The first-order chi connectivity index (χ1) is 11.9. The minimum atomic E-state index is -3.59. The Bertz CT molecular complexity index is 955. The van der Waals surface area contributed by atoms with E-state index in [1.165, 1.54) is 0 Å². The smallest absolute Gasteiger partial charge is 0.244 e. The maximum Gasteiger partial charge on any atom is 0.244 e. The summed E-state index contributed by atoms with van der Waals surface area (Å²) < 4.78 is 31.3. The number of aromatic nitrogens is 4. The topological polar surface area (TPSA) is 81.8 Å². The van der Waals surface area contributed by atoms with Crippen molar-refractivity contribution in [3.8, 4) is 11.3 Å². The number of nitrogens with one attached hydrogen (secondary N) is 1. The van der Waals surface area contributed by atoms with Gasteiger partial charge < -0.3 is 0 Å². The monoisotopic (exact) mass is 379 g/mol. The molecular formula is C16H21N5O2S2. The zero-order valence-electron chi connectivity index (χ0n) is 14.4. The van der Waals surface area contributed by atoms with E-state index in [-0.39, 0.29) is 11.4 Å². The first-order valence-corrected chi connectivity index (χ1v) is 10.4. The molecule has 3 rings (SSSR count). The van der Waals surface area contributed by atoms with Crippen molar-refractivity contribution in [1.29, 1.82) is 0 Å². The number of thiophene rings is 1. The Morgan fingerprint density at radius 3 is 2.68 bits per heavy atom. The lowest BCUT2D eigenvalue weighted by Crippen LogP contribution is -2.28. The van der Waals surface area contributed by atoms with Gasteiger partial charge in [-0.3, -0.25) is 9.36 Å². The van der Waals surface area contributed by atoms with Gasteiger partial charge in [-0.2, -0.15) is 21.5 Å². The van der Waals surface area contributed by atoms with Crippen LogP contribution in [-0.2, 0) is 23.1 Å². The van der Waals surface area contributed by atoms with Gasteiger partial charge in [-0.15, -0.1) is 0 Å². The van der Waals surface area contributed by atoms with Crippen LogP contribution in [0.25, 0.3) is 11.3 Å². The van der Waals surface area contributed by atoms with Gasteiger partial charge in [0.2, 0.25) is 10.0 Å². The Labute approximate surface area is 151 Å². The molecule has 0 spiro atoms. The molecule has 0 aromatic carbocycles. The van der Waals surface area contributed by atoms with E-state index in [2.05, 4.69) is 14.9 Å². The third-order valence-corrected chi connectivity index (χ3v) is 6.37. The zero-order chi connectivity index (χ0) is 18.0. The van der Waals surface area contributed by atoms with Crippen LogP contribution in [0.5, 0.6) is 0 Å². The van der Waals surface area contributed by atoms with E-state index in [1.807, 2.05) is 36.0 Å². The summed E-state index contributed by atoms with van der Waals surface area (Å²) in [5.41, 5.74) is 3.14. The van der Waals surface area contributed by atoms with E-state index >= 15 is 0 Å². The summed E-state index contributed by atoms with van der Waals surface area (Å²) in [6, 6.07) is 3.94. The van der Waals surface area contributed by atoms with E-state index in [9.17, 15) is 8.42 Å². The van der Waals surface area contributed by atoms with Crippen LogP contribution in [0.15, 0.2) is 34.0 Å². The van der Waals surface area contributed by atoms with Crippen LogP contribution in [0.2, 0.25) is 0 Å². The van der Waals surface area contributed by atoms with Crippen LogP contribution in [-0.4, -0.2) is 34.5 Å². The number of aryl methyl sites for hydroxylation is 2. The molecule has 1 N–H and O–H groups in total. The number of hydrogen-bond donors (Lipinski definition) is 1. The van der Waals surface area contributed by atoms with E-state index in [0.29, 0.717) is 24.5 Å². The van der Waals surface area contributed by atoms with Crippen molar-refractivity contribution in [3.05, 3.63) is 40.5 Å². The molecule has 3 aromatic rings. The first kappa shape index (κ1) is 17.8. The number of sulfonamides is 1. The Morgan fingerprint density at radius 1 is 1.24 bits per heavy atom. The van der Waals surface area contributed by atoms with E-state index < -0.39 is 10.0 Å². The maximum absolute atomic E-state index is 12.6. The molecule has 0 aliphatic rings. The molecule has 134 valence electrons. The fourth-order valence-electron chi connectivity index (χ4n) is 2.79. The fraction of sp³-hybridized carbons (Fsp3) is 0.375. The van der Waals surface area contributed by atoms with Gasteiger partial charge in [0.05, 0.1) is 23.6 Å². The van der Waals surface area contributed by atoms with E-state index in [1.54, 1.807) is 34.5 Å². The number of hydrogen-bond acceptors (Lipinski definition) is 5. The zero-order valence-corrected chi connectivity index (χ0v) is 16.1. The van der Waals surface area contributed by atoms with Crippen LogP contribution >= 0.6 is 11.3 Å². The predicted octanol–water partition coefficient (Wildman–Crippen LogP) is 2.42. The lowest BCUT2D eigenvalue weighted by molar-refractivity contribution is 0.560. The molecule has 0 amide bonds. The molecule has 0 atom stereocenters. The van der Waals surface area contributed by atoms with Crippen LogP contribution in [0, 0.1) is 13.8 Å². The second kappa shape index (κ2) is 7.11. The average Bonchev–Trinajstić information content (AvgIpc) is 3.27. The van der Waals surface area contributed by atoms with Crippen LogP contribution in [0.3, 0.4) is 0 Å². The second-order valence-electron chi connectivity index (χ2n) is 5.69. The van der Waals surface area contributed by atoms with Crippen molar-refractivity contribution in [2.75, 3.05) is 6.54 Å². The van der Waals surface area contributed by atoms with Gasteiger partial charge in [-0.05, 0) is 38.3 Å². The molecule has 3 aromatic heterocycles. The van der Waals surface area contributed by atoms with Crippen LogP contribution in [0.1, 0.15) is 18.3 Å². The van der Waals surface area contributed by atoms with Crippen molar-refractivity contribution in [2.24, 2.45) is 0 Å². The third kappa shape index (κ3) is 3.68. The van der Waals surface area contributed by atoms with Crippen molar-refractivity contribution in [2.45, 2.75) is 38.8 Å². The molecule has 0 radical (unpaired) electrons. The van der Waals surface area contributed by atoms with Crippen molar-refractivity contribution >= 4 is 21.4 Å². The summed E-state index contributed by atoms with van der Waals surface area (Å²) in [6.07, 6.45) is 1.85. The molecule has 0 aliphatic carbocycles. The Morgan fingerprint density at radius 2 is 2.04 bits per heavy atom. The summed E-state index contributed by atoms with van der Waals surface area (Å²) in [4.78, 5) is 0.272. The molecule has 0 bridgehead atoms. The molecule has 9 heteroatoms. The van der Waals surface area contributed by atoms with E-state index in [0.717, 1.165) is 11.3 Å². The minimum Gasteiger partial charge on any atom is -0.271 e. The minimum absolute atomic E-state index is 0.267. The molecule has 7 nitrogen and oxygen atoms in total. The number of rotatable bonds is 7. The number of nitrogens with zero attached hydrogens (tertiary/aromatic N) is 4. The highest BCUT2D eigenvalue weighted by atomic mass is 32.2. The Balaban J connectivity index is 1.66. The largest absolute Gasteiger partial charge is 0.271 e. The summed E-state index contributed by atoms with van der Waals surface area (Å²) in [6.45, 7) is 6.80. The highest BCUT2D eigenvalue weighted by Gasteiger charge is 2.23. The molecule has 3 heterocycles. The quantitative estimate of drug-likeness (QED) is 0.683. The Hall–Kier alpha value is -1.97. The average molecular weight is 380 g/mol. The second-order valence-corrected chi connectivity index (χ2v) is 8.17. The SMILES string of the molecule is CCn1nc(C)c(S(=O)(=O)NCCn2ccc(-c3ccsc3)n2)c1C. The van der Waals surface area contributed by atoms with Gasteiger partial charge in [0, 0.05) is 30.2 Å². The third-order valence-electron chi connectivity index (χ3n) is 3.97. The van der Waals surface area contributed by atoms with Crippen LogP contribution in [0.4, 0.5) is 0 Å². The highest BCUT2D eigenvalue weighted by molar-refractivity contribution is 7.89. The van der Waals surface area contributed by atoms with Gasteiger partial charge in [-0.1, -0.05) is 0 Å².